The van der Waals surface area contributed by atoms with E-state index in [9.17, 15) is 4.79 Å². The molecule has 0 spiro atoms. The van der Waals surface area contributed by atoms with Gasteiger partial charge in [0.25, 0.3) is 0 Å². The summed E-state index contributed by atoms with van der Waals surface area (Å²) in [5.74, 6) is 1.96. The number of ether oxygens (including phenoxy) is 4. The largest absolute Gasteiger partial charge is 0.462 e. The lowest BCUT2D eigenvalue weighted by Crippen LogP contribution is -2.29. The van der Waals surface area contributed by atoms with Gasteiger partial charge in [-0.2, -0.15) is 0 Å². The molecule has 2 aromatic carbocycles. The van der Waals surface area contributed by atoms with Gasteiger partial charge in [0.05, 0.1) is 5.41 Å². The van der Waals surface area contributed by atoms with Crippen molar-refractivity contribution in [3.63, 3.8) is 0 Å². The fraction of sp³-hybridized carbons (Fsp3) is 0.500. The Kier molecular flexibility index (Phi) is 12.0. The number of carbonyl (C=O) groups is 1. The van der Waals surface area contributed by atoms with Gasteiger partial charge in [-0.1, -0.05) is 56.8 Å². The molecule has 0 bridgehead atoms. The minimum atomic E-state index is -0.548. The highest BCUT2D eigenvalue weighted by Gasteiger charge is 2.29. The molecule has 0 aliphatic carbocycles. The van der Waals surface area contributed by atoms with Crippen LogP contribution in [0.15, 0.2) is 73.0 Å². The summed E-state index contributed by atoms with van der Waals surface area (Å²) in [6, 6.07) is 18.9. The fourth-order valence-corrected chi connectivity index (χ4v) is 3.44. The lowest BCUT2D eigenvalue weighted by molar-refractivity contribution is -0.144. The van der Waals surface area contributed by atoms with Crippen LogP contribution in [-0.4, -0.2) is 32.4 Å². The highest BCUT2D eigenvalue weighted by Crippen LogP contribution is 2.32. The maximum atomic E-state index is 12.4. The number of carbonyl (C=O) groups excluding carboxylic acids is 1. The summed E-state index contributed by atoms with van der Waals surface area (Å²) in [6.07, 6.45) is 4.26. The minimum absolute atomic E-state index is 0.121. The smallest absolute Gasteiger partial charge is 0.316 e. The first-order chi connectivity index (χ1) is 16.7. The second-order valence-electron chi connectivity index (χ2n) is 10.1. The third-order valence-corrected chi connectivity index (χ3v) is 6.00. The van der Waals surface area contributed by atoms with Crippen LogP contribution in [0.1, 0.15) is 59.8 Å². The zero-order chi connectivity index (χ0) is 25.6. The number of hydrogen-bond donors (Lipinski definition) is 0. The van der Waals surface area contributed by atoms with Crippen LogP contribution in [0.3, 0.4) is 0 Å². The van der Waals surface area contributed by atoms with Crippen molar-refractivity contribution >= 4 is 5.97 Å². The summed E-state index contributed by atoms with van der Waals surface area (Å²) < 4.78 is 22.9. The third-order valence-electron chi connectivity index (χ3n) is 6.00. The standard InChI is InChI=1S/C30H42O5/c1-25(34-26-15-8-6-9-16-26)29(2,3)19-12-21-32-23-14-24-33-22-13-20-30(4,5)28(31)35-27-17-10-7-11-18-27/h6-11,15-18H,1,12-14,19-24H2,2-5H3. The Morgan fingerprint density at radius 3 is 1.60 bits per heavy atom. The van der Waals surface area contributed by atoms with Gasteiger partial charge in [-0.3, -0.25) is 4.79 Å². The Bertz CT molecular complexity index is 801. The van der Waals surface area contributed by atoms with E-state index in [-0.39, 0.29) is 11.4 Å². The van der Waals surface area contributed by atoms with E-state index in [4.69, 9.17) is 18.9 Å². The van der Waals surface area contributed by atoms with Gasteiger partial charge in [-0.25, -0.2) is 0 Å². The summed E-state index contributed by atoms with van der Waals surface area (Å²) >= 11 is 0. The van der Waals surface area contributed by atoms with Gasteiger partial charge >= 0.3 is 5.97 Å². The highest BCUT2D eigenvalue weighted by atomic mass is 16.5. The van der Waals surface area contributed by atoms with Crippen molar-refractivity contribution in [2.45, 2.75) is 59.8 Å². The fourth-order valence-electron chi connectivity index (χ4n) is 3.44. The second-order valence-corrected chi connectivity index (χ2v) is 10.1. The van der Waals surface area contributed by atoms with Crippen molar-refractivity contribution in [2.24, 2.45) is 10.8 Å². The maximum Gasteiger partial charge on any atom is 0.316 e. The molecule has 5 heteroatoms. The van der Waals surface area contributed by atoms with E-state index < -0.39 is 5.41 Å². The number of para-hydroxylation sites is 2. The van der Waals surface area contributed by atoms with Gasteiger partial charge in [-0.15, -0.1) is 0 Å². The van der Waals surface area contributed by atoms with Crippen molar-refractivity contribution in [1.29, 1.82) is 0 Å². The molecule has 0 radical (unpaired) electrons. The van der Waals surface area contributed by atoms with Crippen molar-refractivity contribution in [3.8, 4) is 11.5 Å². The third kappa shape index (κ3) is 11.1. The van der Waals surface area contributed by atoms with Crippen molar-refractivity contribution in [1.82, 2.24) is 0 Å². The van der Waals surface area contributed by atoms with Gasteiger partial charge in [0.2, 0.25) is 0 Å². The molecule has 0 saturated heterocycles. The van der Waals surface area contributed by atoms with Crippen LogP contribution in [-0.2, 0) is 14.3 Å². The second kappa shape index (κ2) is 14.7. The molecule has 0 N–H and O–H groups in total. The SMILES string of the molecule is C=C(Oc1ccccc1)C(C)(C)CCCOCCCOCCCC(C)(C)C(=O)Oc1ccccc1. The van der Waals surface area contributed by atoms with Gasteiger partial charge in [0.1, 0.15) is 17.3 Å². The summed E-state index contributed by atoms with van der Waals surface area (Å²) in [4.78, 5) is 12.4. The number of esters is 1. The van der Waals surface area contributed by atoms with Crippen LogP contribution in [0.2, 0.25) is 0 Å². The first-order valence-electron chi connectivity index (χ1n) is 12.6. The summed E-state index contributed by atoms with van der Waals surface area (Å²) in [6.45, 7) is 14.9. The zero-order valence-electron chi connectivity index (χ0n) is 21.9. The predicted molar refractivity (Wildman–Crippen MR) is 141 cm³/mol. The van der Waals surface area contributed by atoms with Crippen LogP contribution >= 0.6 is 0 Å². The molecule has 0 fully saturated rings. The van der Waals surface area contributed by atoms with Crippen LogP contribution in [0, 0.1) is 10.8 Å². The van der Waals surface area contributed by atoms with E-state index >= 15 is 0 Å². The Morgan fingerprint density at radius 2 is 1.09 bits per heavy atom. The summed E-state index contributed by atoms with van der Waals surface area (Å²) in [7, 11) is 0. The van der Waals surface area contributed by atoms with E-state index in [1.165, 1.54) is 0 Å². The lowest BCUT2D eigenvalue weighted by Gasteiger charge is -2.27. The van der Waals surface area contributed by atoms with Crippen molar-refractivity contribution in [2.75, 3.05) is 26.4 Å². The summed E-state index contributed by atoms with van der Waals surface area (Å²) in [5, 5.41) is 0. The Morgan fingerprint density at radius 1 is 0.657 bits per heavy atom. The quantitative estimate of drug-likeness (QED) is 0.103. The maximum absolute atomic E-state index is 12.4. The van der Waals surface area contributed by atoms with Gasteiger partial charge in [-0.05, 0) is 70.2 Å². The zero-order valence-corrected chi connectivity index (χ0v) is 21.9. The molecule has 35 heavy (non-hydrogen) atoms. The Labute approximate surface area is 211 Å². The van der Waals surface area contributed by atoms with E-state index in [2.05, 4.69) is 20.4 Å². The molecule has 0 aliphatic rings. The number of hydrogen-bond acceptors (Lipinski definition) is 5. The molecule has 0 unspecified atom stereocenters. The first-order valence-corrected chi connectivity index (χ1v) is 12.6. The van der Waals surface area contributed by atoms with Crippen molar-refractivity contribution < 1.29 is 23.7 Å². The lowest BCUT2D eigenvalue weighted by atomic mass is 9.86. The molecule has 0 amide bonds. The van der Waals surface area contributed by atoms with Crippen LogP contribution in [0.5, 0.6) is 11.5 Å². The van der Waals surface area contributed by atoms with Gasteiger partial charge < -0.3 is 18.9 Å². The van der Waals surface area contributed by atoms with Crippen LogP contribution in [0.4, 0.5) is 0 Å². The minimum Gasteiger partial charge on any atom is -0.462 e. The highest BCUT2D eigenvalue weighted by molar-refractivity contribution is 5.78. The molecule has 192 valence electrons. The average Bonchev–Trinajstić information content (AvgIpc) is 2.83. The molecule has 0 aromatic heterocycles. The number of benzene rings is 2. The van der Waals surface area contributed by atoms with E-state index in [0.29, 0.717) is 38.6 Å². The molecule has 0 heterocycles. The molecule has 5 nitrogen and oxygen atoms in total. The Balaban J connectivity index is 1.47. The van der Waals surface area contributed by atoms with Crippen molar-refractivity contribution in [3.05, 3.63) is 73.0 Å². The predicted octanol–water partition coefficient (Wildman–Crippen LogP) is 7.22. The molecule has 2 aromatic rings. The number of allylic oxidation sites excluding steroid dienone is 1. The van der Waals surface area contributed by atoms with Gasteiger partial charge in [0, 0.05) is 31.8 Å². The van der Waals surface area contributed by atoms with Gasteiger partial charge in [0.15, 0.2) is 0 Å². The molecule has 0 atom stereocenters. The average molecular weight is 483 g/mol. The number of rotatable bonds is 17. The molecular weight excluding hydrogens is 440 g/mol. The van der Waals surface area contributed by atoms with Crippen LogP contribution in [0.25, 0.3) is 0 Å². The van der Waals surface area contributed by atoms with E-state index in [0.717, 1.165) is 37.2 Å². The molecule has 2 rings (SSSR count). The summed E-state index contributed by atoms with van der Waals surface area (Å²) in [5.41, 5.74) is -0.670. The van der Waals surface area contributed by atoms with E-state index in [1.807, 2.05) is 62.4 Å². The topological polar surface area (TPSA) is 54.0 Å². The molecular formula is C30H42O5. The van der Waals surface area contributed by atoms with E-state index in [1.54, 1.807) is 12.1 Å². The first kappa shape index (κ1) is 28.6. The normalized spacial score (nSPS) is 11.8. The Hall–Kier alpha value is -2.63. The molecule has 0 saturated carbocycles. The molecule has 0 aliphatic heterocycles. The van der Waals surface area contributed by atoms with Crippen LogP contribution < -0.4 is 9.47 Å². The monoisotopic (exact) mass is 482 g/mol.